The van der Waals surface area contributed by atoms with Gasteiger partial charge in [0.15, 0.2) is 6.10 Å². The smallest absolute Gasteiger partial charge is 0.306 e. The summed E-state index contributed by atoms with van der Waals surface area (Å²) >= 11 is 0. The summed E-state index contributed by atoms with van der Waals surface area (Å²) in [5, 5.41) is 0. The lowest BCUT2D eigenvalue weighted by atomic mass is 10.0. The number of carbonyl (C=O) groups excluding carboxylic acids is 3. The van der Waals surface area contributed by atoms with E-state index in [-0.39, 0.29) is 31.1 Å². The van der Waals surface area contributed by atoms with Crippen molar-refractivity contribution in [2.24, 2.45) is 0 Å². The predicted octanol–water partition coefficient (Wildman–Crippen LogP) is 18.4. The second-order valence-corrected chi connectivity index (χ2v) is 18.5. The normalized spacial score (nSPS) is 12.5. The fraction of sp³-hybridized carbons (Fsp3) is 0.780. The van der Waals surface area contributed by atoms with Gasteiger partial charge >= 0.3 is 17.9 Å². The molecule has 0 radical (unpaired) electrons. The van der Waals surface area contributed by atoms with Gasteiger partial charge < -0.3 is 14.2 Å². The van der Waals surface area contributed by atoms with Crippen molar-refractivity contribution in [3.63, 3.8) is 0 Å². The topological polar surface area (TPSA) is 78.9 Å². The molecule has 0 fully saturated rings. The Morgan fingerprint density at radius 2 is 0.631 bits per heavy atom. The fourth-order valence-corrected chi connectivity index (χ4v) is 7.85. The van der Waals surface area contributed by atoms with Crippen LogP contribution >= 0.6 is 0 Å². The van der Waals surface area contributed by atoms with Gasteiger partial charge in [0.1, 0.15) is 13.2 Å². The standard InChI is InChI=1S/C59H104O6/c1-4-7-10-13-16-19-22-24-25-26-27-28-29-30-31-32-33-34-35-36-38-40-43-46-49-52-58(61)64-55-56(54-63-57(60)51-48-45-42-39-21-18-15-12-9-6-3)65-59(62)53-50-47-44-41-37-23-20-17-14-11-8-5-2/h7,10,12,15-16,19,24-25,27-28,56H,4-6,8-9,11,13-14,17-18,20-23,26,29-55H2,1-3H3/b10-7-,15-12-,19-16-,25-24-,28-27-. The van der Waals surface area contributed by atoms with Crippen molar-refractivity contribution in [2.75, 3.05) is 13.2 Å². The van der Waals surface area contributed by atoms with Crippen LogP contribution in [-0.2, 0) is 28.6 Å². The SMILES string of the molecule is CC/C=C\C/C=C\C/C=C\C/C=C\CCCCCCCCCCCCCCC(=O)OCC(COC(=O)CCCCCCC/C=C\CCC)OC(=O)CCCCCCCCCCCCCC. The van der Waals surface area contributed by atoms with Gasteiger partial charge in [-0.25, -0.2) is 0 Å². The Bertz CT molecular complexity index is 1180. The minimum atomic E-state index is -0.774. The number of carbonyl (C=O) groups is 3. The molecule has 0 aliphatic rings. The molecule has 0 rings (SSSR count). The summed E-state index contributed by atoms with van der Waals surface area (Å²) in [6.45, 7) is 6.47. The molecule has 0 aliphatic carbocycles. The van der Waals surface area contributed by atoms with Crippen molar-refractivity contribution in [2.45, 2.75) is 284 Å². The third-order valence-electron chi connectivity index (χ3n) is 12.0. The highest BCUT2D eigenvalue weighted by molar-refractivity contribution is 5.71. The zero-order chi connectivity index (χ0) is 47.2. The Hall–Kier alpha value is -2.89. The van der Waals surface area contributed by atoms with Crippen LogP contribution in [0.4, 0.5) is 0 Å². The van der Waals surface area contributed by atoms with Crippen molar-refractivity contribution in [3.05, 3.63) is 60.8 Å². The van der Waals surface area contributed by atoms with Gasteiger partial charge in [-0.05, 0) is 77.0 Å². The lowest BCUT2D eigenvalue weighted by Crippen LogP contribution is -2.30. The first kappa shape index (κ1) is 62.1. The Balaban J connectivity index is 4.19. The first-order valence-corrected chi connectivity index (χ1v) is 27.8. The van der Waals surface area contributed by atoms with E-state index < -0.39 is 6.10 Å². The lowest BCUT2D eigenvalue weighted by molar-refractivity contribution is -0.167. The average Bonchev–Trinajstić information content (AvgIpc) is 3.30. The van der Waals surface area contributed by atoms with Crippen molar-refractivity contribution in [1.29, 1.82) is 0 Å². The van der Waals surface area contributed by atoms with Gasteiger partial charge in [0.25, 0.3) is 0 Å². The lowest BCUT2D eigenvalue weighted by Gasteiger charge is -2.18. The van der Waals surface area contributed by atoms with E-state index in [0.717, 1.165) is 96.3 Å². The monoisotopic (exact) mass is 909 g/mol. The number of unbranched alkanes of at least 4 members (excludes halogenated alkanes) is 29. The summed E-state index contributed by atoms with van der Waals surface area (Å²) in [5.41, 5.74) is 0. The third-order valence-corrected chi connectivity index (χ3v) is 12.0. The summed E-state index contributed by atoms with van der Waals surface area (Å²) in [6.07, 6.45) is 66.5. The molecule has 1 atom stereocenters. The van der Waals surface area contributed by atoms with Gasteiger partial charge in [-0.15, -0.1) is 0 Å². The Morgan fingerprint density at radius 1 is 0.323 bits per heavy atom. The van der Waals surface area contributed by atoms with E-state index in [0.29, 0.717) is 19.3 Å². The van der Waals surface area contributed by atoms with Crippen LogP contribution in [0, 0.1) is 0 Å². The Morgan fingerprint density at radius 3 is 1.02 bits per heavy atom. The van der Waals surface area contributed by atoms with Gasteiger partial charge in [0.05, 0.1) is 0 Å². The van der Waals surface area contributed by atoms with Gasteiger partial charge in [-0.3, -0.25) is 14.4 Å². The first-order valence-electron chi connectivity index (χ1n) is 27.8. The second-order valence-electron chi connectivity index (χ2n) is 18.5. The van der Waals surface area contributed by atoms with Gasteiger partial charge in [-0.2, -0.15) is 0 Å². The van der Waals surface area contributed by atoms with Crippen LogP contribution in [0.5, 0.6) is 0 Å². The number of rotatable bonds is 50. The molecule has 0 heterocycles. The largest absolute Gasteiger partial charge is 0.462 e. The molecule has 0 amide bonds. The highest BCUT2D eigenvalue weighted by Gasteiger charge is 2.19. The molecule has 0 bridgehead atoms. The van der Waals surface area contributed by atoms with Gasteiger partial charge in [0.2, 0.25) is 0 Å². The van der Waals surface area contributed by atoms with E-state index >= 15 is 0 Å². The fourth-order valence-electron chi connectivity index (χ4n) is 7.85. The summed E-state index contributed by atoms with van der Waals surface area (Å²) in [5.74, 6) is -0.880. The van der Waals surface area contributed by atoms with Crippen LogP contribution in [0.15, 0.2) is 60.8 Å². The maximum atomic E-state index is 12.8. The molecule has 0 N–H and O–H groups in total. The van der Waals surface area contributed by atoms with Crippen molar-refractivity contribution >= 4 is 17.9 Å². The van der Waals surface area contributed by atoms with Gasteiger partial charge in [0, 0.05) is 19.3 Å². The van der Waals surface area contributed by atoms with Crippen molar-refractivity contribution in [1.82, 2.24) is 0 Å². The number of hydrogen-bond donors (Lipinski definition) is 0. The first-order chi connectivity index (χ1) is 32.0. The molecule has 6 nitrogen and oxygen atoms in total. The van der Waals surface area contributed by atoms with Crippen LogP contribution in [0.25, 0.3) is 0 Å². The highest BCUT2D eigenvalue weighted by Crippen LogP contribution is 2.16. The molecule has 0 aliphatic heterocycles. The molecule has 0 aromatic rings. The predicted molar refractivity (Wildman–Crippen MR) is 279 cm³/mol. The summed E-state index contributed by atoms with van der Waals surface area (Å²) in [7, 11) is 0. The van der Waals surface area contributed by atoms with Crippen molar-refractivity contribution in [3.8, 4) is 0 Å². The van der Waals surface area contributed by atoms with E-state index in [9.17, 15) is 14.4 Å². The minimum absolute atomic E-state index is 0.0751. The van der Waals surface area contributed by atoms with Crippen molar-refractivity contribution < 1.29 is 28.6 Å². The second kappa shape index (κ2) is 53.7. The highest BCUT2D eigenvalue weighted by atomic mass is 16.6. The number of esters is 3. The quantitative estimate of drug-likeness (QED) is 0.0262. The number of allylic oxidation sites excluding steroid dienone is 10. The van der Waals surface area contributed by atoms with E-state index in [4.69, 9.17) is 14.2 Å². The van der Waals surface area contributed by atoms with Crippen LogP contribution in [0.3, 0.4) is 0 Å². The maximum Gasteiger partial charge on any atom is 0.306 e. The number of ether oxygens (including phenoxy) is 3. The molecular weight excluding hydrogens is 805 g/mol. The Kier molecular flexibility index (Phi) is 51.3. The molecule has 0 saturated carbocycles. The van der Waals surface area contributed by atoms with E-state index in [1.165, 1.54) is 141 Å². The zero-order valence-corrected chi connectivity index (χ0v) is 43.0. The molecule has 376 valence electrons. The van der Waals surface area contributed by atoms with E-state index in [1.807, 2.05) is 0 Å². The van der Waals surface area contributed by atoms with Crippen LogP contribution in [-0.4, -0.2) is 37.2 Å². The average molecular weight is 909 g/mol. The molecule has 65 heavy (non-hydrogen) atoms. The summed E-state index contributed by atoms with van der Waals surface area (Å²) in [4.78, 5) is 38.0. The summed E-state index contributed by atoms with van der Waals surface area (Å²) in [6, 6.07) is 0. The number of hydrogen-bond acceptors (Lipinski definition) is 6. The molecule has 0 aromatic heterocycles. The minimum Gasteiger partial charge on any atom is -0.462 e. The zero-order valence-electron chi connectivity index (χ0n) is 43.0. The van der Waals surface area contributed by atoms with Crippen LogP contribution < -0.4 is 0 Å². The van der Waals surface area contributed by atoms with Gasteiger partial charge in [-0.1, -0.05) is 242 Å². The molecular formula is C59H104O6. The van der Waals surface area contributed by atoms with Crippen LogP contribution in [0.2, 0.25) is 0 Å². The maximum absolute atomic E-state index is 12.8. The third kappa shape index (κ3) is 51.9. The molecule has 0 spiro atoms. The molecule has 1 unspecified atom stereocenters. The Labute approximate surface area is 402 Å². The summed E-state index contributed by atoms with van der Waals surface area (Å²) < 4.78 is 16.8. The molecule has 0 aromatic carbocycles. The van der Waals surface area contributed by atoms with E-state index in [1.54, 1.807) is 0 Å². The molecule has 0 saturated heterocycles. The van der Waals surface area contributed by atoms with Crippen LogP contribution in [0.1, 0.15) is 278 Å². The molecule has 6 heteroatoms. The van der Waals surface area contributed by atoms with E-state index in [2.05, 4.69) is 81.5 Å².